The van der Waals surface area contributed by atoms with E-state index in [9.17, 15) is 18.7 Å². The maximum Gasteiger partial charge on any atom is 0.351 e. The topological polar surface area (TPSA) is 111 Å². The normalized spacial score (nSPS) is 31.2. The van der Waals surface area contributed by atoms with Crippen molar-refractivity contribution in [3.8, 4) is 0 Å². The fraction of sp³-hybridized carbons (Fsp3) is 0.556. The number of aliphatic hydroxyl groups is 2. The smallest absolute Gasteiger partial charge is 0.351 e. The molecule has 18 heavy (non-hydrogen) atoms. The van der Waals surface area contributed by atoms with Gasteiger partial charge in [0.1, 0.15) is 11.9 Å². The second kappa shape index (κ2) is 4.26. The first-order valence-corrected chi connectivity index (χ1v) is 5.04. The highest BCUT2D eigenvalue weighted by Gasteiger charge is 2.55. The average molecular weight is 263 g/mol. The van der Waals surface area contributed by atoms with Crippen LogP contribution in [0.3, 0.4) is 0 Å². The number of halogens is 2. The molecule has 1 fully saturated rings. The molecule has 7 nitrogen and oxygen atoms in total. The molecular formula is C9H11F2N3O4. The van der Waals surface area contributed by atoms with Crippen LogP contribution in [0.2, 0.25) is 0 Å². The highest BCUT2D eigenvalue weighted by atomic mass is 19.3. The predicted molar refractivity (Wildman–Crippen MR) is 54.9 cm³/mol. The lowest BCUT2D eigenvalue weighted by atomic mass is 10.0. The van der Waals surface area contributed by atoms with E-state index in [1.54, 1.807) is 0 Å². The van der Waals surface area contributed by atoms with Gasteiger partial charge in [0.2, 0.25) is 6.23 Å². The zero-order chi connectivity index (χ0) is 13.5. The summed E-state index contributed by atoms with van der Waals surface area (Å²) in [7, 11) is 0. The van der Waals surface area contributed by atoms with Crippen LogP contribution in [-0.2, 0) is 4.74 Å². The maximum absolute atomic E-state index is 13.7. The zero-order valence-electron chi connectivity index (χ0n) is 9.03. The fourth-order valence-electron chi connectivity index (χ4n) is 1.66. The van der Waals surface area contributed by atoms with Crippen LogP contribution in [0.1, 0.15) is 6.23 Å². The quantitative estimate of drug-likeness (QED) is 0.581. The number of ether oxygens (including phenoxy) is 1. The number of hydrogen-bond donors (Lipinski definition) is 3. The minimum Gasteiger partial charge on any atom is -0.388 e. The van der Waals surface area contributed by atoms with E-state index in [0.717, 1.165) is 12.3 Å². The third kappa shape index (κ3) is 1.96. The molecule has 1 aromatic rings. The largest absolute Gasteiger partial charge is 0.388 e. The van der Waals surface area contributed by atoms with Gasteiger partial charge in [0, 0.05) is 6.20 Å². The number of aromatic nitrogens is 2. The standard InChI is InChI=1S/C9H11F2N3O4/c10-9(11)6(16)4(15)3-18-7(9)14-2-1-5(12)13-8(14)17/h1-2,4,6-7,15-16H,3H2,(H2,12,13,17)/t4-,6-,7-/m1/s1. The van der Waals surface area contributed by atoms with Crippen molar-refractivity contribution in [1.29, 1.82) is 0 Å². The Morgan fingerprint density at radius 3 is 2.83 bits per heavy atom. The molecule has 0 amide bonds. The van der Waals surface area contributed by atoms with Crippen molar-refractivity contribution in [3.05, 3.63) is 22.7 Å². The first kappa shape index (κ1) is 12.9. The molecule has 1 aromatic heterocycles. The van der Waals surface area contributed by atoms with Crippen LogP contribution in [0.25, 0.3) is 0 Å². The van der Waals surface area contributed by atoms with E-state index in [0.29, 0.717) is 4.57 Å². The number of aliphatic hydroxyl groups excluding tert-OH is 2. The Morgan fingerprint density at radius 2 is 2.22 bits per heavy atom. The monoisotopic (exact) mass is 263 g/mol. The van der Waals surface area contributed by atoms with Gasteiger partial charge in [-0.15, -0.1) is 0 Å². The molecule has 0 aromatic carbocycles. The summed E-state index contributed by atoms with van der Waals surface area (Å²) in [4.78, 5) is 14.7. The van der Waals surface area contributed by atoms with Crippen molar-refractivity contribution in [3.63, 3.8) is 0 Å². The summed E-state index contributed by atoms with van der Waals surface area (Å²) < 4.78 is 32.7. The van der Waals surface area contributed by atoms with Gasteiger partial charge < -0.3 is 20.7 Å². The molecular weight excluding hydrogens is 252 g/mol. The number of nitrogens with zero attached hydrogens (tertiary/aromatic N) is 2. The van der Waals surface area contributed by atoms with Crippen molar-refractivity contribution in [2.75, 3.05) is 12.3 Å². The molecule has 0 aliphatic carbocycles. The molecule has 1 saturated heterocycles. The van der Waals surface area contributed by atoms with E-state index in [-0.39, 0.29) is 5.82 Å². The first-order valence-electron chi connectivity index (χ1n) is 5.04. The van der Waals surface area contributed by atoms with E-state index in [2.05, 4.69) is 4.98 Å². The van der Waals surface area contributed by atoms with Crippen molar-refractivity contribution in [1.82, 2.24) is 9.55 Å². The molecule has 1 aliphatic rings. The lowest BCUT2D eigenvalue weighted by Crippen LogP contribution is -2.56. The van der Waals surface area contributed by atoms with E-state index in [4.69, 9.17) is 15.6 Å². The molecule has 3 atom stereocenters. The second-order valence-electron chi connectivity index (χ2n) is 3.91. The summed E-state index contributed by atoms with van der Waals surface area (Å²) in [5.74, 6) is -3.94. The lowest BCUT2D eigenvalue weighted by molar-refractivity contribution is -0.287. The van der Waals surface area contributed by atoms with Crippen LogP contribution >= 0.6 is 0 Å². The van der Waals surface area contributed by atoms with Gasteiger partial charge in [0.15, 0.2) is 6.10 Å². The number of hydrogen-bond acceptors (Lipinski definition) is 6. The summed E-state index contributed by atoms with van der Waals surface area (Å²) in [5, 5.41) is 18.4. The molecule has 2 heterocycles. The average Bonchev–Trinajstić information content (AvgIpc) is 2.28. The molecule has 100 valence electrons. The molecule has 1 aliphatic heterocycles. The second-order valence-corrected chi connectivity index (χ2v) is 3.91. The lowest BCUT2D eigenvalue weighted by Gasteiger charge is -2.38. The number of rotatable bonds is 1. The molecule has 0 saturated carbocycles. The summed E-state index contributed by atoms with van der Waals surface area (Å²) in [6, 6.07) is 1.15. The first-order chi connectivity index (χ1) is 8.34. The third-order valence-corrected chi connectivity index (χ3v) is 2.62. The Hall–Kier alpha value is -1.58. The molecule has 0 unspecified atom stereocenters. The molecule has 4 N–H and O–H groups in total. The van der Waals surface area contributed by atoms with Crippen LogP contribution in [0.15, 0.2) is 17.1 Å². The Kier molecular flexibility index (Phi) is 3.05. The summed E-state index contributed by atoms with van der Waals surface area (Å²) in [5.41, 5.74) is 4.21. The van der Waals surface area contributed by atoms with E-state index >= 15 is 0 Å². The van der Waals surface area contributed by atoms with Gasteiger partial charge in [0.05, 0.1) is 6.61 Å². The molecule has 0 bridgehead atoms. The summed E-state index contributed by atoms with van der Waals surface area (Å²) in [6.07, 6.45) is -5.07. The van der Waals surface area contributed by atoms with Gasteiger partial charge in [-0.25, -0.2) is 4.79 Å². The maximum atomic E-state index is 13.7. The molecule has 0 spiro atoms. The van der Waals surface area contributed by atoms with Crippen LogP contribution in [0.5, 0.6) is 0 Å². The van der Waals surface area contributed by atoms with Gasteiger partial charge in [0.25, 0.3) is 0 Å². The van der Waals surface area contributed by atoms with Crippen molar-refractivity contribution in [2.24, 2.45) is 0 Å². The molecule has 0 radical (unpaired) electrons. The van der Waals surface area contributed by atoms with Gasteiger partial charge in [-0.2, -0.15) is 13.8 Å². The van der Waals surface area contributed by atoms with E-state index in [1.165, 1.54) is 0 Å². The minimum atomic E-state index is -3.82. The Labute approximate surface area is 99.4 Å². The van der Waals surface area contributed by atoms with Crippen molar-refractivity contribution >= 4 is 5.82 Å². The van der Waals surface area contributed by atoms with Crippen LogP contribution in [-0.4, -0.2) is 44.5 Å². The Bertz CT molecular complexity index is 507. The molecule has 2 rings (SSSR count). The zero-order valence-corrected chi connectivity index (χ0v) is 9.03. The fourth-order valence-corrected chi connectivity index (χ4v) is 1.66. The van der Waals surface area contributed by atoms with Gasteiger partial charge in [-0.05, 0) is 6.07 Å². The van der Waals surface area contributed by atoms with Crippen molar-refractivity contribution in [2.45, 2.75) is 24.4 Å². The van der Waals surface area contributed by atoms with Crippen molar-refractivity contribution < 1.29 is 23.7 Å². The van der Waals surface area contributed by atoms with Crippen LogP contribution < -0.4 is 11.4 Å². The minimum absolute atomic E-state index is 0.115. The molecule has 9 heteroatoms. The highest BCUT2D eigenvalue weighted by Crippen LogP contribution is 2.37. The van der Waals surface area contributed by atoms with E-state index in [1.807, 2.05) is 0 Å². The number of anilines is 1. The third-order valence-electron chi connectivity index (χ3n) is 2.62. The number of nitrogens with two attached hydrogens (primary N) is 1. The van der Waals surface area contributed by atoms with E-state index < -0.39 is 36.7 Å². The van der Waals surface area contributed by atoms with Crippen LogP contribution in [0.4, 0.5) is 14.6 Å². The number of alkyl halides is 2. The van der Waals surface area contributed by atoms with Crippen LogP contribution in [0, 0.1) is 0 Å². The van der Waals surface area contributed by atoms with Gasteiger partial charge in [-0.1, -0.05) is 0 Å². The van der Waals surface area contributed by atoms with Gasteiger partial charge in [-0.3, -0.25) is 4.57 Å². The summed E-state index contributed by atoms with van der Waals surface area (Å²) >= 11 is 0. The Balaban J connectivity index is 2.41. The predicted octanol–water partition coefficient (Wildman–Crippen LogP) is -1.29. The summed E-state index contributed by atoms with van der Waals surface area (Å²) in [6.45, 7) is -0.516. The van der Waals surface area contributed by atoms with Gasteiger partial charge >= 0.3 is 11.6 Å². The number of nitrogen functional groups attached to an aromatic ring is 1. The highest BCUT2D eigenvalue weighted by molar-refractivity contribution is 5.23. The Morgan fingerprint density at radius 1 is 1.56 bits per heavy atom. The SMILES string of the molecule is Nc1ccn([C@@H]2OC[C@@H](O)[C@@H](O)C2(F)F)c(=O)n1.